The van der Waals surface area contributed by atoms with E-state index in [-0.39, 0.29) is 17.6 Å². The highest BCUT2D eigenvalue weighted by Gasteiger charge is 2.49. The van der Waals surface area contributed by atoms with Gasteiger partial charge < -0.3 is 4.74 Å². The van der Waals surface area contributed by atoms with Crippen LogP contribution in [0.1, 0.15) is 45.4 Å². The monoisotopic (exact) mass is 242 g/mol. The highest BCUT2D eigenvalue weighted by molar-refractivity contribution is 6.81. The number of esters is 1. The molecule has 94 valence electrons. The van der Waals surface area contributed by atoms with Crippen LogP contribution in [0.5, 0.6) is 0 Å². The fourth-order valence-corrected chi connectivity index (χ4v) is 4.58. The zero-order valence-corrected chi connectivity index (χ0v) is 12.2. The van der Waals surface area contributed by atoms with Gasteiger partial charge in [-0.2, -0.15) is 0 Å². The van der Waals surface area contributed by atoms with Crippen molar-refractivity contribution >= 4 is 14.0 Å². The Morgan fingerprint density at radius 1 is 1.12 bits per heavy atom. The molecule has 1 fully saturated rings. The van der Waals surface area contributed by atoms with Gasteiger partial charge in [-0.05, 0) is 12.8 Å². The Bertz CT molecular complexity index is 233. The first-order chi connectivity index (χ1) is 7.46. The summed E-state index contributed by atoms with van der Waals surface area (Å²) in [5.74, 6) is 0.0673. The Balaban J connectivity index is 2.21. The number of cyclic esters (lactones) is 1. The van der Waals surface area contributed by atoms with E-state index in [1.54, 1.807) is 0 Å². The lowest BCUT2D eigenvalue weighted by Gasteiger charge is -2.42. The highest BCUT2D eigenvalue weighted by atomic mass is 28.3. The molecule has 0 radical (unpaired) electrons. The van der Waals surface area contributed by atoms with E-state index >= 15 is 0 Å². The van der Waals surface area contributed by atoms with E-state index in [2.05, 4.69) is 26.6 Å². The number of carbonyl (C=O) groups excluding carboxylic acids is 1. The molecule has 0 amide bonds. The van der Waals surface area contributed by atoms with Crippen molar-refractivity contribution in [2.24, 2.45) is 0 Å². The first-order valence-electron chi connectivity index (χ1n) is 6.67. The molecule has 1 heterocycles. The van der Waals surface area contributed by atoms with E-state index in [9.17, 15) is 4.79 Å². The molecule has 0 aromatic rings. The van der Waals surface area contributed by atoms with Gasteiger partial charge in [-0.1, -0.05) is 52.2 Å². The lowest BCUT2D eigenvalue weighted by molar-refractivity contribution is -0.170. The van der Waals surface area contributed by atoms with Crippen LogP contribution in [-0.2, 0) is 9.53 Å². The first kappa shape index (κ1) is 13.8. The van der Waals surface area contributed by atoms with Crippen LogP contribution in [-0.4, -0.2) is 20.1 Å². The van der Waals surface area contributed by atoms with Crippen LogP contribution in [0.4, 0.5) is 0 Å². The maximum absolute atomic E-state index is 11.4. The molecule has 0 spiro atoms. The molecule has 0 N–H and O–H groups in total. The van der Waals surface area contributed by atoms with Crippen molar-refractivity contribution in [2.45, 2.75) is 76.7 Å². The van der Waals surface area contributed by atoms with Gasteiger partial charge in [0.25, 0.3) is 0 Å². The Hall–Kier alpha value is -0.313. The van der Waals surface area contributed by atoms with E-state index in [0.717, 1.165) is 6.42 Å². The summed E-state index contributed by atoms with van der Waals surface area (Å²) in [6.45, 7) is 9.03. The van der Waals surface area contributed by atoms with E-state index < -0.39 is 8.07 Å². The summed E-state index contributed by atoms with van der Waals surface area (Å²) in [4.78, 5) is 11.4. The zero-order chi connectivity index (χ0) is 12.2. The van der Waals surface area contributed by atoms with Crippen molar-refractivity contribution in [1.29, 1.82) is 0 Å². The van der Waals surface area contributed by atoms with Gasteiger partial charge in [0.1, 0.15) is 6.10 Å². The molecule has 0 saturated carbocycles. The number of carbonyl (C=O) groups is 1. The molecule has 0 aromatic heterocycles. The standard InChI is InChI=1S/C13H26O2Si/c1-5-6-7-8-9-10-11-12(13(14)15-11)16(2,3)4/h11-12H,5-10H2,1-4H3/t11-,12+/m1/s1. The minimum absolute atomic E-state index is 0.0673. The summed E-state index contributed by atoms with van der Waals surface area (Å²) in [7, 11) is -1.35. The number of rotatable bonds is 7. The summed E-state index contributed by atoms with van der Waals surface area (Å²) >= 11 is 0. The van der Waals surface area contributed by atoms with E-state index in [1.165, 1.54) is 32.1 Å². The average molecular weight is 242 g/mol. The Labute approximate surface area is 101 Å². The van der Waals surface area contributed by atoms with Gasteiger partial charge in [-0.3, -0.25) is 4.79 Å². The second kappa shape index (κ2) is 5.85. The van der Waals surface area contributed by atoms with Gasteiger partial charge in [-0.25, -0.2) is 0 Å². The van der Waals surface area contributed by atoms with Crippen LogP contribution >= 0.6 is 0 Å². The molecule has 1 aliphatic rings. The quantitative estimate of drug-likeness (QED) is 0.383. The third-order valence-electron chi connectivity index (χ3n) is 3.42. The summed E-state index contributed by atoms with van der Waals surface area (Å²) < 4.78 is 5.28. The van der Waals surface area contributed by atoms with Crippen molar-refractivity contribution in [3.8, 4) is 0 Å². The average Bonchev–Trinajstić information content (AvgIpc) is 2.12. The van der Waals surface area contributed by atoms with Gasteiger partial charge in [0, 0.05) is 0 Å². The number of hydrogen-bond acceptors (Lipinski definition) is 2. The first-order valence-corrected chi connectivity index (χ1v) is 10.2. The van der Waals surface area contributed by atoms with Gasteiger partial charge >= 0.3 is 5.97 Å². The third-order valence-corrected chi connectivity index (χ3v) is 5.89. The Morgan fingerprint density at radius 3 is 2.25 bits per heavy atom. The van der Waals surface area contributed by atoms with Crippen LogP contribution in [0.25, 0.3) is 0 Å². The van der Waals surface area contributed by atoms with E-state index in [4.69, 9.17) is 4.74 Å². The van der Waals surface area contributed by atoms with Crippen LogP contribution < -0.4 is 0 Å². The van der Waals surface area contributed by atoms with Crippen LogP contribution in [0.15, 0.2) is 0 Å². The fraction of sp³-hybridized carbons (Fsp3) is 0.923. The maximum Gasteiger partial charge on any atom is 0.310 e. The molecule has 16 heavy (non-hydrogen) atoms. The maximum atomic E-state index is 11.4. The van der Waals surface area contributed by atoms with Crippen molar-refractivity contribution < 1.29 is 9.53 Å². The van der Waals surface area contributed by atoms with Crippen molar-refractivity contribution in [1.82, 2.24) is 0 Å². The van der Waals surface area contributed by atoms with Crippen LogP contribution in [0, 0.1) is 0 Å². The normalized spacial score (nSPS) is 25.1. The van der Waals surface area contributed by atoms with Gasteiger partial charge in [0.15, 0.2) is 0 Å². The second-order valence-electron chi connectivity index (χ2n) is 6.02. The molecule has 0 aromatic carbocycles. The molecule has 0 aliphatic carbocycles. The lowest BCUT2D eigenvalue weighted by Crippen LogP contribution is -2.52. The number of hydrogen-bond donors (Lipinski definition) is 0. The molecule has 2 nitrogen and oxygen atoms in total. The number of unbranched alkanes of at least 4 members (excludes halogenated alkanes) is 4. The van der Waals surface area contributed by atoms with Gasteiger partial charge in [0.05, 0.1) is 13.6 Å². The fourth-order valence-electron chi connectivity index (χ4n) is 2.46. The van der Waals surface area contributed by atoms with Crippen LogP contribution in [0.3, 0.4) is 0 Å². The zero-order valence-electron chi connectivity index (χ0n) is 11.2. The Morgan fingerprint density at radius 2 is 1.75 bits per heavy atom. The minimum atomic E-state index is -1.35. The van der Waals surface area contributed by atoms with Crippen LogP contribution in [0.2, 0.25) is 25.2 Å². The van der Waals surface area contributed by atoms with Gasteiger partial charge in [-0.15, -0.1) is 0 Å². The minimum Gasteiger partial charge on any atom is -0.462 e. The van der Waals surface area contributed by atoms with Gasteiger partial charge in [0.2, 0.25) is 0 Å². The third kappa shape index (κ3) is 3.61. The van der Waals surface area contributed by atoms with Crippen molar-refractivity contribution in [3.63, 3.8) is 0 Å². The molecule has 0 unspecified atom stereocenters. The summed E-state index contributed by atoms with van der Waals surface area (Å²) in [6, 6.07) is 0. The van der Waals surface area contributed by atoms with Crippen molar-refractivity contribution in [3.05, 3.63) is 0 Å². The molecule has 0 bridgehead atoms. The predicted octanol–water partition coefficient (Wildman–Crippen LogP) is 3.98. The summed E-state index contributed by atoms with van der Waals surface area (Å²) in [5.41, 5.74) is 0.263. The molecule has 1 rings (SSSR count). The second-order valence-corrected chi connectivity index (χ2v) is 11.4. The largest absolute Gasteiger partial charge is 0.462 e. The number of ether oxygens (including phenoxy) is 1. The highest BCUT2D eigenvalue weighted by Crippen LogP contribution is 2.39. The molecule has 2 atom stereocenters. The van der Waals surface area contributed by atoms with E-state index in [1.807, 2.05) is 0 Å². The molecule has 1 saturated heterocycles. The smallest absolute Gasteiger partial charge is 0.310 e. The molecule has 3 heteroatoms. The Kier molecular flexibility index (Phi) is 5.03. The summed E-state index contributed by atoms with van der Waals surface area (Å²) in [6.07, 6.45) is 7.80. The molecular formula is C13H26O2Si. The lowest BCUT2D eigenvalue weighted by atomic mass is 10.0. The molecule has 1 aliphatic heterocycles. The summed E-state index contributed by atoms with van der Waals surface area (Å²) in [5, 5.41) is 0. The predicted molar refractivity (Wildman–Crippen MR) is 70.4 cm³/mol. The van der Waals surface area contributed by atoms with E-state index in [0.29, 0.717) is 0 Å². The molecular weight excluding hydrogens is 216 g/mol. The topological polar surface area (TPSA) is 26.3 Å². The van der Waals surface area contributed by atoms with Crippen molar-refractivity contribution in [2.75, 3.05) is 0 Å². The SMILES string of the molecule is CCCCCCC[C@H]1OC(=O)[C@H]1[Si](C)(C)C.